The first kappa shape index (κ1) is 12.1. The molecule has 0 amide bonds. The van der Waals surface area contributed by atoms with Crippen molar-refractivity contribution < 1.29 is 4.74 Å². The monoisotopic (exact) mass is 206 g/mol. The lowest BCUT2D eigenvalue weighted by Gasteiger charge is -2.18. The molecule has 0 heterocycles. The van der Waals surface area contributed by atoms with E-state index in [0.717, 1.165) is 11.7 Å². The third-order valence-electron chi connectivity index (χ3n) is 2.96. The molecule has 1 fully saturated rings. The minimum absolute atomic E-state index is 0.972. The summed E-state index contributed by atoms with van der Waals surface area (Å²) < 4.78 is 5.13. The van der Waals surface area contributed by atoms with Gasteiger partial charge >= 0.3 is 0 Å². The lowest BCUT2D eigenvalue weighted by atomic mass is 9.88. The second kappa shape index (κ2) is 5.79. The van der Waals surface area contributed by atoms with Gasteiger partial charge in [0.2, 0.25) is 0 Å². The van der Waals surface area contributed by atoms with Gasteiger partial charge in [-0.25, -0.2) is 0 Å². The Labute approximate surface area is 93.5 Å². The maximum atomic E-state index is 5.13. The van der Waals surface area contributed by atoms with Crippen LogP contribution in [-0.2, 0) is 0 Å². The molecule has 15 heavy (non-hydrogen) atoms. The van der Waals surface area contributed by atoms with Gasteiger partial charge in [0.05, 0.1) is 7.11 Å². The normalized spacial score (nSPS) is 14.9. The molecule has 2 rings (SSSR count). The van der Waals surface area contributed by atoms with E-state index in [9.17, 15) is 0 Å². The Morgan fingerprint density at radius 3 is 2.13 bits per heavy atom. The van der Waals surface area contributed by atoms with Gasteiger partial charge < -0.3 is 4.74 Å². The smallest absolute Gasteiger partial charge is 0.122 e. The van der Waals surface area contributed by atoms with Crippen LogP contribution in [-0.4, -0.2) is 7.11 Å². The van der Waals surface area contributed by atoms with Gasteiger partial charge in [0.15, 0.2) is 0 Å². The molecule has 0 bridgehead atoms. The molecular formula is C14H22O. The average Bonchev–Trinajstić information content (AvgIpc) is 2.19. The topological polar surface area (TPSA) is 9.23 Å². The Balaban J connectivity index is 0.000000187. The van der Waals surface area contributed by atoms with E-state index in [1.54, 1.807) is 7.11 Å². The van der Waals surface area contributed by atoms with Crippen molar-refractivity contribution in [3.8, 4) is 5.75 Å². The van der Waals surface area contributed by atoms with Crippen LogP contribution < -0.4 is 4.74 Å². The Hall–Kier alpha value is -0.980. The predicted octanol–water partition coefficient (Wildman–Crippen LogP) is 4.12. The maximum Gasteiger partial charge on any atom is 0.122 e. The molecule has 0 aliphatic heterocycles. The Bertz CT molecular complexity index is 300. The molecule has 1 aliphatic rings. The van der Waals surface area contributed by atoms with Crippen molar-refractivity contribution in [2.45, 2.75) is 40.0 Å². The van der Waals surface area contributed by atoms with E-state index >= 15 is 0 Å². The molecule has 0 saturated heterocycles. The zero-order chi connectivity index (χ0) is 11.3. The van der Waals surface area contributed by atoms with Gasteiger partial charge in [-0.05, 0) is 37.0 Å². The van der Waals surface area contributed by atoms with E-state index in [-0.39, 0.29) is 0 Å². The van der Waals surface area contributed by atoms with Gasteiger partial charge in [-0.2, -0.15) is 0 Å². The van der Waals surface area contributed by atoms with Crippen LogP contribution in [0.2, 0.25) is 0 Å². The number of hydrogen-bond donors (Lipinski definition) is 0. The predicted molar refractivity (Wildman–Crippen MR) is 65.5 cm³/mol. The van der Waals surface area contributed by atoms with Crippen LogP contribution in [0.25, 0.3) is 0 Å². The second-order valence-electron chi connectivity index (χ2n) is 4.51. The minimum atomic E-state index is 0.972. The zero-order valence-corrected chi connectivity index (χ0v) is 10.3. The highest BCUT2D eigenvalue weighted by atomic mass is 16.5. The van der Waals surface area contributed by atoms with E-state index < -0.39 is 0 Å². The van der Waals surface area contributed by atoms with E-state index in [4.69, 9.17) is 4.74 Å². The number of rotatable bonds is 1. The zero-order valence-electron chi connectivity index (χ0n) is 10.3. The molecule has 84 valence electrons. The second-order valence-corrected chi connectivity index (χ2v) is 4.51. The standard InChI is InChI=1S/C9H12O.C5H10/c1-7-4-5-8(2)9(6-7)10-3;1-5-3-2-4-5/h4-6H,1-3H3;5H,2-4H2,1H3. The number of methoxy groups -OCH3 is 1. The first-order valence-corrected chi connectivity index (χ1v) is 5.74. The molecule has 0 spiro atoms. The summed E-state index contributed by atoms with van der Waals surface area (Å²) in [5.41, 5.74) is 2.43. The average molecular weight is 206 g/mol. The molecule has 1 heteroatoms. The molecular weight excluding hydrogens is 184 g/mol. The molecule has 1 nitrogen and oxygen atoms in total. The summed E-state index contributed by atoms with van der Waals surface area (Å²) in [7, 11) is 1.70. The third-order valence-corrected chi connectivity index (χ3v) is 2.96. The first-order chi connectivity index (χ1) is 7.13. The first-order valence-electron chi connectivity index (χ1n) is 5.74. The number of benzene rings is 1. The molecule has 1 aliphatic carbocycles. The van der Waals surface area contributed by atoms with Crippen LogP contribution in [0.1, 0.15) is 37.3 Å². The Kier molecular flexibility index (Phi) is 4.67. The summed E-state index contributed by atoms with van der Waals surface area (Å²) in [6.45, 7) is 6.41. The van der Waals surface area contributed by atoms with Crippen molar-refractivity contribution >= 4 is 0 Å². The van der Waals surface area contributed by atoms with Crippen molar-refractivity contribution in [1.29, 1.82) is 0 Å². The van der Waals surface area contributed by atoms with E-state index in [1.165, 1.54) is 30.4 Å². The number of ether oxygens (including phenoxy) is 1. The summed E-state index contributed by atoms with van der Waals surface area (Å²) in [5.74, 6) is 2.04. The van der Waals surface area contributed by atoms with Gasteiger partial charge in [-0.3, -0.25) is 0 Å². The van der Waals surface area contributed by atoms with E-state index in [1.807, 2.05) is 13.0 Å². The van der Waals surface area contributed by atoms with Gasteiger partial charge in [0.1, 0.15) is 5.75 Å². The van der Waals surface area contributed by atoms with Crippen molar-refractivity contribution in [1.82, 2.24) is 0 Å². The Morgan fingerprint density at radius 1 is 1.20 bits per heavy atom. The van der Waals surface area contributed by atoms with Crippen LogP contribution >= 0.6 is 0 Å². The molecule has 1 aromatic rings. The largest absolute Gasteiger partial charge is 0.496 e. The summed E-state index contributed by atoms with van der Waals surface area (Å²) in [6, 6.07) is 6.18. The Morgan fingerprint density at radius 2 is 1.80 bits per heavy atom. The lowest BCUT2D eigenvalue weighted by Crippen LogP contribution is -2.04. The molecule has 0 N–H and O–H groups in total. The SMILES string of the molecule is CC1CCC1.COc1cc(C)ccc1C. The third kappa shape index (κ3) is 3.94. The lowest BCUT2D eigenvalue weighted by molar-refractivity contribution is 0.346. The number of hydrogen-bond acceptors (Lipinski definition) is 1. The fourth-order valence-electron chi connectivity index (χ4n) is 1.54. The van der Waals surface area contributed by atoms with Crippen molar-refractivity contribution in [3.63, 3.8) is 0 Å². The maximum absolute atomic E-state index is 5.13. The van der Waals surface area contributed by atoms with Crippen LogP contribution in [0, 0.1) is 19.8 Å². The van der Waals surface area contributed by atoms with Crippen LogP contribution in [0.3, 0.4) is 0 Å². The van der Waals surface area contributed by atoms with Crippen molar-refractivity contribution in [2.75, 3.05) is 7.11 Å². The summed E-state index contributed by atoms with van der Waals surface area (Å²) in [5, 5.41) is 0. The van der Waals surface area contributed by atoms with Crippen LogP contribution in [0.15, 0.2) is 18.2 Å². The van der Waals surface area contributed by atoms with Gasteiger partial charge in [-0.1, -0.05) is 38.3 Å². The summed E-state index contributed by atoms with van der Waals surface area (Å²) in [4.78, 5) is 0. The fraction of sp³-hybridized carbons (Fsp3) is 0.571. The molecule has 0 unspecified atom stereocenters. The van der Waals surface area contributed by atoms with Crippen molar-refractivity contribution in [3.05, 3.63) is 29.3 Å². The quantitative estimate of drug-likeness (QED) is 0.671. The van der Waals surface area contributed by atoms with Crippen LogP contribution in [0.5, 0.6) is 5.75 Å². The molecule has 0 radical (unpaired) electrons. The summed E-state index contributed by atoms with van der Waals surface area (Å²) in [6.07, 6.45) is 4.46. The number of aryl methyl sites for hydroxylation is 2. The van der Waals surface area contributed by atoms with E-state index in [2.05, 4.69) is 26.0 Å². The highest BCUT2D eigenvalue weighted by Crippen LogP contribution is 2.24. The highest BCUT2D eigenvalue weighted by molar-refractivity contribution is 5.35. The highest BCUT2D eigenvalue weighted by Gasteiger charge is 2.09. The fourth-order valence-corrected chi connectivity index (χ4v) is 1.54. The molecule has 1 aromatic carbocycles. The van der Waals surface area contributed by atoms with E-state index in [0.29, 0.717) is 0 Å². The molecule has 1 saturated carbocycles. The minimum Gasteiger partial charge on any atom is -0.496 e. The van der Waals surface area contributed by atoms with Gasteiger partial charge in [0.25, 0.3) is 0 Å². The summed E-state index contributed by atoms with van der Waals surface area (Å²) >= 11 is 0. The molecule has 0 atom stereocenters. The molecule has 0 aromatic heterocycles. The van der Waals surface area contributed by atoms with Crippen LogP contribution in [0.4, 0.5) is 0 Å². The van der Waals surface area contributed by atoms with Gasteiger partial charge in [-0.15, -0.1) is 0 Å². The van der Waals surface area contributed by atoms with Gasteiger partial charge in [0, 0.05) is 0 Å². The van der Waals surface area contributed by atoms with Crippen molar-refractivity contribution in [2.24, 2.45) is 5.92 Å².